The molecule has 0 saturated carbocycles. The monoisotopic (exact) mass is 1020 g/mol. The molecule has 0 aliphatic rings. The summed E-state index contributed by atoms with van der Waals surface area (Å²) in [5.74, 6) is -0.968. The van der Waals surface area contributed by atoms with E-state index in [2.05, 4.69) is 87.6 Å². The highest BCUT2D eigenvalue weighted by Gasteiger charge is 2.19. The van der Waals surface area contributed by atoms with Crippen molar-refractivity contribution in [2.24, 2.45) is 0 Å². The highest BCUT2D eigenvalue weighted by atomic mass is 16.6. The van der Waals surface area contributed by atoms with Crippen molar-refractivity contribution in [2.75, 3.05) is 13.2 Å². The van der Waals surface area contributed by atoms with Crippen LogP contribution in [0, 0.1) is 0 Å². The minimum Gasteiger partial charge on any atom is -0.462 e. The summed E-state index contributed by atoms with van der Waals surface area (Å²) < 4.78 is 16.9. The van der Waals surface area contributed by atoms with Crippen LogP contribution in [0.5, 0.6) is 0 Å². The first-order chi connectivity index (χ1) is 36.0. The fraction of sp³-hybridized carbons (Fsp3) is 0.776. The second kappa shape index (κ2) is 61.4. The molecule has 0 radical (unpaired) electrons. The maximum Gasteiger partial charge on any atom is 0.306 e. The number of hydrogen-bond acceptors (Lipinski definition) is 6. The predicted molar refractivity (Wildman–Crippen MR) is 316 cm³/mol. The normalized spacial score (nSPS) is 12.5. The van der Waals surface area contributed by atoms with E-state index in [-0.39, 0.29) is 37.5 Å². The number of unbranched alkanes of at least 4 members (excludes halogenated alkanes) is 34. The first kappa shape index (κ1) is 69.8. The largest absolute Gasteiger partial charge is 0.462 e. The Labute approximate surface area is 453 Å². The Bertz CT molecular complexity index is 1360. The Morgan fingerprint density at radius 3 is 0.890 bits per heavy atom. The fourth-order valence-electron chi connectivity index (χ4n) is 8.95. The molecule has 0 amide bonds. The molecule has 6 heteroatoms. The van der Waals surface area contributed by atoms with E-state index < -0.39 is 6.10 Å². The Hall–Kier alpha value is -3.15. The lowest BCUT2D eigenvalue weighted by atomic mass is 10.0. The first-order valence-electron chi connectivity index (χ1n) is 31.4. The van der Waals surface area contributed by atoms with E-state index in [1.165, 1.54) is 205 Å². The van der Waals surface area contributed by atoms with Crippen LogP contribution >= 0.6 is 0 Å². The van der Waals surface area contributed by atoms with Gasteiger partial charge in [0.25, 0.3) is 0 Å². The molecule has 0 aliphatic carbocycles. The molecule has 422 valence electrons. The Morgan fingerprint density at radius 2 is 0.521 bits per heavy atom. The van der Waals surface area contributed by atoms with Crippen LogP contribution in [-0.2, 0) is 28.6 Å². The van der Waals surface area contributed by atoms with Crippen molar-refractivity contribution < 1.29 is 28.6 Å². The quantitative estimate of drug-likeness (QED) is 0.0261. The van der Waals surface area contributed by atoms with E-state index in [4.69, 9.17) is 14.2 Å². The van der Waals surface area contributed by atoms with Gasteiger partial charge in [-0.25, -0.2) is 0 Å². The van der Waals surface area contributed by atoms with Gasteiger partial charge in [0, 0.05) is 19.3 Å². The van der Waals surface area contributed by atoms with Crippen molar-refractivity contribution in [1.82, 2.24) is 0 Å². The zero-order chi connectivity index (χ0) is 52.9. The number of carbonyl (C=O) groups excluding carboxylic acids is 3. The van der Waals surface area contributed by atoms with E-state index in [0.717, 1.165) is 64.2 Å². The maximum atomic E-state index is 12.9. The van der Waals surface area contributed by atoms with E-state index >= 15 is 0 Å². The van der Waals surface area contributed by atoms with Crippen molar-refractivity contribution >= 4 is 17.9 Å². The number of carbonyl (C=O) groups is 3. The molecule has 0 aliphatic heterocycles. The lowest BCUT2D eigenvalue weighted by Gasteiger charge is -2.18. The minimum atomic E-state index is -0.805. The third kappa shape index (κ3) is 59.6. The molecule has 0 aromatic heterocycles. The summed E-state index contributed by atoms with van der Waals surface area (Å²) in [6.07, 6.45) is 79.1. The first-order valence-corrected chi connectivity index (χ1v) is 31.4. The molecule has 0 aromatic carbocycles. The standard InChI is InChI=1S/C67H118O6/c1-4-7-10-13-16-19-22-25-28-30-32-33-35-37-40-43-46-49-52-55-58-61-67(70)73-64(62-71-65(68)59-56-53-50-47-44-41-38-27-24-21-18-15-12-9-6-3)63-72-66(69)60-57-54-51-48-45-42-39-36-34-31-29-26-23-20-17-14-11-8-5-2/h17,20,25-26,28-29,34,36,42,45,51,54,64H,4-16,18-19,21-24,27,30-33,35,37-41,43-44,46-50,52-53,55-63H2,1-3H3/b20-17-,28-25-,29-26-,36-34-,45-42-,54-51-/t64-/m0/s1. The number of rotatable bonds is 57. The van der Waals surface area contributed by atoms with E-state index in [0.29, 0.717) is 19.3 Å². The lowest BCUT2D eigenvalue weighted by molar-refractivity contribution is -0.166. The summed E-state index contributed by atoms with van der Waals surface area (Å²) >= 11 is 0. The van der Waals surface area contributed by atoms with Crippen molar-refractivity contribution in [3.63, 3.8) is 0 Å². The van der Waals surface area contributed by atoms with Crippen molar-refractivity contribution in [3.8, 4) is 0 Å². The molecule has 0 saturated heterocycles. The van der Waals surface area contributed by atoms with Crippen LogP contribution in [0.25, 0.3) is 0 Å². The van der Waals surface area contributed by atoms with Gasteiger partial charge in [-0.1, -0.05) is 286 Å². The van der Waals surface area contributed by atoms with E-state index in [1.54, 1.807) is 0 Å². The molecule has 0 spiro atoms. The molecular weight excluding hydrogens is 901 g/mol. The number of allylic oxidation sites excluding steroid dienone is 12. The van der Waals surface area contributed by atoms with Crippen LogP contribution in [-0.4, -0.2) is 37.2 Å². The minimum absolute atomic E-state index is 0.0953. The van der Waals surface area contributed by atoms with Crippen LogP contribution in [0.3, 0.4) is 0 Å². The maximum absolute atomic E-state index is 12.9. The summed E-state index contributed by atoms with van der Waals surface area (Å²) in [6.45, 7) is 6.58. The van der Waals surface area contributed by atoms with Crippen molar-refractivity contribution in [2.45, 2.75) is 322 Å². The van der Waals surface area contributed by atoms with Crippen molar-refractivity contribution in [3.05, 3.63) is 72.9 Å². The second-order valence-electron chi connectivity index (χ2n) is 21.0. The molecule has 0 fully saturated rings. The Morgan fingerprint density at radius 1 is 0.274 bits per heavy atom. The van der Waals surface area contributed by atoms with E-state index in [1.807, 2.05) is 6.08 Å². The van der Waals surface area contributed by atoms with Crippen LogP contribution < -0.4 is 0 Å². The van der Waals surface area contributed by atoms with E-state index in [9.17, 15) is 14.4 Å². The topological polar surface area (TPSA) is 78.9 Å². The fourth-order valence-corrected chi connectivity index (χ4v) is 8.95. The summed E-state index contributed by atoms with van der Waals surface area (Å²) in [7, 11) is 0. The summed E-state index contributed by atoms with van der Waals surface area (Å²) in [4.78, 5) is 38.2. The number of hydrogen-bond donors (Lipinski definition) is 0. The van der Waals surface area contributed by atoms with Crippen LogP contribution in [0.15, 0.2) is 72.9 Å². The summed E-state index contributed by atoms with van der Waals surface area (Å²) in [5, 5.41) is 0. The van der Waals surface area contributed by atoms with Gasteiger partial charge in [-0.15, -0.1) is 0 Å². The second-order valence-corrected chi connectivity index (χ2v) is 21.0. The lowest BCUT2D eigenvalue weighted by Crippen LogP contribution is -2.30. The van der Waals surface area contributed by atoms with Crippen molar-refractivity contribution in [1.29, 1.82) is 0 Å². The van der Waals surface area contributed by atoms with Gasteiger partial charge in [0.1, 0.15) is 13.2 Å². The predicted octanol–water partition coefficient (Wildman–Crippen LogP) is 21.3. The van der Waals surface area contributed by atoms with Gasteiger partial charge in [-0.2, -0.15) is 0 Å². The number of ether oxygens (including phenoxy) is 3. The zero-order valence-electron chi connectivity index (χ0n) is 48.4. The average molecular weight is 1020 g/mol. The van der Waals surface area contributed by atoms with Gasteiger partial charge in [0.15, 0.2) is 6.10 Å². The van der Waals surface area contributed by atoms with Crippen LogP contribution in [0.2, 0.25) is 0 Å². The molecule has 6 nitrogen and oxygen atoms in total. The molecule has 0 bridgehead atoms. The molecule has 0 rings (SSSR count). The molecule has 1 atom stereocenters. The van der Waals surface area contributed by atoms with Gasteiger partial charge in [0.2, 0.25) is 0 Å². The van der Waals surface area contributed by atoms with Gasteiger partial charge in [-0.3, -0.25) is 14.4 Å². The Kier molecular flexibility index (Phi) is 58.7. The highest BCUT2D eigenvalue weighted by Crippen LogP contribution is 2.16. The summed E-state index contributed by atoms with van der Waals surface area (Å²) in [6, 6.07) is 0. The third-order valence-electron chi connectivity index (χ3n) is 13.7. The van der Waals surface area contributed by atoms with Gasteiger partial charge in [-0.05, 0) is 83.5 Å². The smallest absolute Gasteiger partial charge is 0.306 e. The summed E-state index contributed by atoms with van der Waals surface area (Å²) in [5.41, 5.74) is 0. The molecule has 0 heterocycles. The molecule has 0 aromatic rings. The Balaban J connectivity index is 4.44. The third-order valence-corrected chi connectivity index (χ3v) is 13.7. The van der Waals surface area contributed by atoms with Crippen LogP contribution in [0.4, 0.5) is 0 Å². The SMILES string of the molecule is CCCCC/C=C\C/C=C\C/C=C\C/C=C\C/C=C\CCC(=O)OC[C@H](COC(=O)CCCCCCCCCCCCCCCCC)OC(=O)CCCCCCCCCCCCC/C=C\CCCCCCCC. The van der Waals surface area contributed by atoms with Gasteiger partial charge in [0.05, 0.1) is 0 Å². The molecule has 0 unspecified atom stereocenters. The van der Waals surface area contributed by atoms with Gasteiger partial charge >= 0.3 is 17.9 Å². The number of esters is 3. The van der Waals surface area contributed by atoms with Crippen LogP contribution in [0.1, 0.15) is 316 Å². The molecular formula is C67H118O6. The van der Waals surface area contributed by atoms with Gasteiger partial charge < -0.3 is 14.2 Å². The molecule has 73 heavy (non-hydrogen) atoms. The average Bonchev–Trinajstić information content (AvgIpc) is 3.39. The highest BCUT2D eigenvalue weighted by molar-refractivity contribution is 5.71. The zero-order valence-corrected chi connectivity index (χ0v) is 48.4. The molecule has 0 N–H and O–H groups in total.